The first kappa shape index (κ1) is 16.9. The molecule has 1 N–H and O–H groups in total. The maximum absolute atomic E-state index is 12.4. The molecule has 0 saturated carbocycles. The fourth-order valence-electron chi connectivity index (χ4n) is 4.28. The highest BCUT2D eigenvalue weighted by Gasteiger charge is 2.34. The van der Waals surface area contributed by atoms with E-state index < -0.39 is 11.7 Å². The lowest BCUT2D eigenvalue weighted by Crippen LogP contribution is -2.31. The summed E-state index contributed by atoms with van der Waals surface area (Å²) >= 11 is 0. The summed E-state index contributed by atoms with van der Waals surface area (Å²) in [5.74, 6) is -0.960. The number of ketones is 1. The van der Waals surface area contributed by atoms with Gasteiger partial charge in [0.15, 0.2) is 0 Å². The molecule has 28 heavy (non-hydrogen) atoms. The summed E-state index contributed by atoms with van der Waals surface area (Å²) in [7, 11) is 0. The predicted molar refractivity (Wildman–Crippen MR) is 109 cm³/mol. The Morgan fingerprint density at radius 1 is 0.857 bits per heavy atom. The molecule has 0 saturated heterocycles. The summed E-state index contributed by atoms with van der Waals surface area (Å²) < 4.78 is 0. The third-order valence-corrected chi connectivity index (χ3v) is 5.63. The van der Waals surface area contributed by atoms with Gasteiger partial charge in [0.1, 0.15) is 0 Å². The molecule has 0 fully saturated rings. The molecule has 3 aromatic rings. The molecule has 0 bridgehead atoms. The molecule has 0 spiro atoms. The average Bonchev–Trinajstić information content (AvgIpc) is 3.03. The summed E-state index contributed by atoms with van der Waals surface area (Å²) in [6, 6.07) is 22.4. The van der Waals surface area contributed by atoms with Gasteiger partial charge in [0.2, 0.25) is 0 Å². The molecule has 0 atom stereocenters. The summed E-state index contributed by atoms with van der Waals surface area (Å²) in [5, 5.41) is 2.82. The Morgan fingerprint density at radius 3 is 2.32 bits per heavy atom. The molecule has 5 rings (SSSR count). The smallest absolute Gasteiger partial charge is 0.296 e. The van der Waals surface area contributed by atoms with Crippen LogP contribution in [0.25, 0.3) is 11.1 Å². The second kappa shape index (κ2) is 6.73. The van der Waals surface area contributed by atoms with Gasteiger partial charge in [-0.2, -0.15) is 0 Å². The predicted octanol–water partition coefficient (Wildman–Crippen LogP) is 4.05. The van der Waals surface area contributed by atoms with Crippen molar-refractivity contribution >= 4 is 17.4 Å². The summed E-state index contributed by atoms with van der Waals surface area (Å²) in [6.45, 7) is 2.52. The van der Waals surface area contributed by atoms with Gasteiger partial charge in [-0.1, -0.05) is 60.7 Å². The molecule has 3 aromatic carbocycles. The van der Waals surface area contributed by atoms with Crippen LogP contribution in [0.5, 0.6) is 0 Å². The zero-order chi connectivity index (χ0) is 19.1. The molecule has 4 nitrogen and oxygen atoms in total. The van der Waals surface area contributed by atoms with Crippen molar-refractivity contribution in [2.75, 3.05) is 11.9 Å². The van der Waals surface area contributed by atoms with Crippen LogP contribution < -0.4 is 5.32 Å². The molecule has 2 aliphatic rings. The zero-order valence-corrected chi connectivity index (χ0v) is 15.4. The van der Waals surface area contributed by atoms with Crippen LogP contribution in [0.2, 0.25) is 0 Å². The van der Waals surface area contributed by atoms with Crippen molar-refractivity contribution in [1.82, 2.24) is 4.90 Å². The van der Waals surface area contributed by atoms with E-state index >= 15 is 0 Å². The maximum atomic E-state index is 12.4. The molecule has 138 valence electrons. The maximum Gasteiger partial charge on any atom is 0.296 e. The summed E-state index contributed by atoms with van der Waals surface area (Å²) in [5.41, 5.74) is 6.96. The Bertz CT molecular complexity index is 1070. The Hall–Kier alpha value is -3.24. The van der Waals surface area contributed by atoms with E-state index in [-0.39, 0.29) is 0 Å². The van der Waals surface area contributed by atoms with Crippen molar-refractivity contribution in [3.8, 4) is 11.1 Å². The number of nitrogens with one attached hydrogen (secondary N) is 1. The van der Waals surface area contributed by atoms with Crippen molar-refractivity contribution in [2.45, 2.75) is 19.5 Å². The number of hydrogen-bond donors (Lipinski definition) is 1. The molecule has 0 unspecified atom stereocenters. The van der Waals surface area contributed by atoms with Gasteiger partial charge in [-0.25, -0.2) is 0 Å². The van der Waals surface area contributed by atoms with Crippen molar-refractivity contribution < 1.29 is 9.59 Å². The van der Waals surface area contributed by atoms with Gasteiger partial charge in [0.05, 0.1) is 11.3 Å². The number of hydrogen-bond acceptors (Lipinski definition) is 3. The van der Waals surface area contributed by atoms with Gasteiger partial charge < -0.3 is 5.32 Å². The number of Topliss-reactive ketones (excluding diaryl/α,β-unsaturated/α-hetero) is 1. The van der Waals surface area contributed by atoms with E-state index in [2.05, 4.69) is 46.6 Å². The Labute approximate surface area is 163 Å². The van der Waals surface area contributed by atoms with E-state index in [0.717, 1.165) is 42.7 Å². The SMILES string of the molecule is O=C1Nc2c(cc(-c3ccccc3)c3c2CN(Cc2ccccc2)CC3)C1=O. The number of rotatable bonds is 3. The van der Waals surface area contributed by atoms with E-state index in [1.165, 1.54) is 11.1 Å². The molecule has 2 aliphatic heterocycles. The quantitative estimate of drug-likeness (QED) is 0.710. The van der Waals surface area contributed by atoms with Crippen LogP contribution in [0.15, 0.2) is 66.7 Å². The normalized spacial score (nSPS) is 15.9. The van der Waals surface area contributed by atoms with E-state index in [1.807, 2.05) is 30.3 Å². The van der Waals surface area contributed by atoms with Gasteiger partial charge >= 0.3 is 0 Å². The van der Waals surface area contributed by atoms with Crippen LogP contribution in [-0.4, -0.2) is 23.1 Å². The first-order valence-electron chi connectivity index (χ1n) is 9.57. The van der Waals surface area contributed by atoms with Gasteiger partial charge in [-0.05, 0) is 40.3 Å². The topological polar surface area (TPSA) is 49.4 Å². The van der Waals surface area contributed by atoms with Gasteiger partial charge in [0.25, 0.3) is 11.7 Å². The first-order valence-corrected chi connectivity index (χ1v) is 9.57. The second-order valence-electron chi connectivity index (χ2n) is 7.40. The largest absolute Gasteiger partial charge is 0.318 e. The second-order valence-corrected chi connectivity index (χ2v) is 7.40. The highest BCUT2D eigenvalue weighted by Crippen LogP contribution is 2.40. The Balaban J connectivity index is 1.59. The lowest BCUT2D eigenvalue weighted by molar-refractivity contribution is -0.112. The zero-order valence-electron chi connectivity index (χ0n) is 15.4. The number of carbonyl (C=O) groups excluding carboxylic acids is 2. The van der Waals surface area contributed by atoms with E-state index in [9.17, 15) is 9.59 Å². The molecular weight excluding hydrogens is 348 g/mol. The molecular formula is C24H20N2O2. The number of anilines is 1. The fraction of sp³-hybridized carbons (Fsp3) is 0.167. The summed E-state index contributed by atoms with van der Waals surface area (Å²) in [4.78, 5) is 26.9. The van der Waals surface area contributed by atoms with Crippen molar-refractivity contribution in [3.63, 3.8) is 0 Å². The molecule has 1 amide bonds. The van der Waals surface area contributed by atoms with Gasteiger partial charge in [-0.15, -0.1) is 0 Å². The minimum Gasteiger partial charge on any atom is -0.318 e. The lowest BCUT2D eigenvalue weighted by atomic mass is 9.87. The third kappa shape index (κ3) is 2.83. The number of nitrogens with zero attached hydrogens (tertiary/aromatic N) is 1. The average molecular weight is 368 g/mol. The van der Waals surface area contributed by atoms with Crippen LogP contribution in [0.4, 0.5) is 5.69 Å². The van der Waals surface area contributed by atoms with E-state index in [0.29, 0.717) is 11.3 Å². The van der Waals surface area contributed by atoms with Crippen LogP contribution in [0, 0.1) is 0 Å². The van der Waals surface area contributed by atoms with Crippen LogP contribution in [0.1, 0.15) is 27.0 Å². The number of amides is 1. The third-order valence-electron chi connectivity index (χ3n) is 5.63. The highest BCUT2D eigenvalue weighted by molar-refractivity contribution is 6.52. The number of fused-ring (bicyclic) bond motifs is 3. The molecule has 4 heteroatoms. The lowest BCUT2D eigenvalue weighted by Gasteiger charge is -2.31. The van der Waals surface area contributed by atoms with Crippen molar-refractivity contribution in [3.05, 3.63) is 89.0 Å². The number of carbonyl (C=O) groups is 2. The first-order chi connectivity index (χ1) is 13.7. The minimum absolute atomic E-state index is 0.435. The summed E-state index contributed by atoms with van der Waals surface area (Å²) in [6.07, 6.45) is 0.893. The Morgan fingerprint density at radius 2 is 1.57 bits per heavy atom. The van der Waals surface area contributed by atoms with Crippen molar-refractivity contribution in [1.29, 1.82) is 0 Å². The fourth-order valence-corrected chi connectivity index (χ4v) is 4.28. The standard InChI is InChI=1S/C24H20N2O2/c27-23-20-13-19(17-9-5-2-6-10-17)18-11-12-26(14-16-7-3-1-4-8-16)15-21(18)22(20)25-24(23)28/h1-10,13H,11-12,14-15H2,(H,25,27,28). The monoisotopic (exact) mass is 368 g/mol. The molecule has 0 radical (unpaired) electrons. The Kier molecular flexibility index (Phi) is 4.06. The van der Waals surface area contributed by atoms with Crippen LogP contribution >= 0.6 is 0 Å². The minimum atomic E-state index is -0.525. The van der Waals surface area contributed by atoms with Gasteiger partial charge in [0, 0.05) is 19.6 Å². The van der Waals surface area contributed by atoms with Crippen molar-refractivity contribution in [2.24, 2.45) is 0 Å². The van der Waals surface area contributed by atoms with Gasteiger partial charge in [-0.3, -0.25) is 14.5 Å². The molecule has 2 heterocycles. The van der Waals surface area contributed by atoms with Crippen LogP contribution in [-0.2, 0) is 24.3 Å². The van der Waals surface area contributed by atoms with E-state index in [4.69, 9.17) is 0 Å². The highest BCUT2D eigenvalue weighted by atomic mass is 16.2. The molecule has 0 aromatic heterocycles. The van der Waals surface area contributed by atoms with Crippen LogP contribution in [0.3, 0.4) is 0 Å². The van der Waals surface area contributed by atoms with E-state index in [1.54, 1.807) is 0 Å². The number of benzene rings is 3. The molecule has 0 aliphatic carbocycles.